The van der Waals surface area contributed by atoms with Crippen molar-refractivity contribution < 1.29 is 19.0 Å². The third kappa shape index (κ3) is 1.98. The summed E-state index contributed by atoms with van der Waals surface area (Å²) in [4.78, 5) is 15.1. The number of carbonyl (C=O) groups excluding carboxylic acids is 1. The monoisotopic (exact) mass is 285 g/mol. The zero-order valence-corrected chi connectivity index (χ0v) is 12.0. The summed E-state index contributed by atoms with van der Waals surface area (Å²) in [6.07, 6.45) is 0. The number of rotatable bonds is 3. The van der Waals surface area contributed by atoms with Crippen LogP contribution in [0.5, 0.6) is 11.5 Å². The molecule has 0 amide bonds. The molecule has 0 saturated heterocycles. The molecule has 21 heavy (non-hydrogen) atoms. The topological polar surface area (TPSA) is 60.5 Å². The van der Waals surface area contributed by atoms with Crippen LogP contribution in [0.4, 0.5) is 0 Å². The standard InChI is InChI=1S/C16H15NO4/c1-19-12-6-4-5-10-11-7-9(16(18)21-3)8-13(20-2)15(11)17-14(10)12/h4-8,17H,1-3H3. The number of nitrogens with one attached hydrogen (secondary N) is 1. The number of methoxy groups -OCH3 is 3. The molecular weight excluding hydrogens is 270 g/mol. The van der Waals surface area contributed by atoms with Crippen LogP contribution >= 0.6 is 0 Å². The molecule has 1 N–H and O–H groups in total. The Morgan fingerprint density at radius 1 is 0.952 bits per heavy atom. The third-order valence-corrected chi connectivity index (χ3v) is 3.53. The lowest BCUT2D eigenvalue weighted by molar-refractivity contribution is 0.0600. The number of esters is 1. The van der Waals surface area contributed by atoms with Gasteiger partial charge < -0.3 is 19.2 Å². The fourth-order valence-corrected chi connectivity index (χ4v) is 2.53. The van der Waals surface area contributed by atoms with E-state index in [-0.39, 0.29) is 0 Å². The third-order valence-electron chi connectivity index (χ3n) is 3.53. The average molecular weight is 285 g/mol. The van der Waals surface area contributed by atoms with Crippen molar-refractivity contribution in [1.29, 1.82) is 0 Å². The number of aromatic amines is 1. The van der Waals surface area contributed by atoms with Gasteiger partial charge in [-0.25, -0.2) is 4.79 Å². The molecule has 0 atom stereocenters. The molecular formula is C16H15NO4. The smallest absolute Gasteiger partial charge is 0.338 e. The lowest BCUT2D eigenvalue weighted by atomic mass is 10.1. The first-order chi connectivity index (χ1) is 10.2. The summed E-state index contributed by atoms with van der Waals surface area (Å²) in [5.41, 5.74) is 2.14. The normalized spacial score (nSPS) is 10.8. The van der Waals surface area contributed by atoms with Gasteiger partial charge in [0.15, 0.2) is 0 Å². The van der Waals surface area contributed by atoms with Crippen molar-refractivity contribution in [1.82, 2.24) is 4.98 Å². The van der Waals surface area contributed by atoms with Crippen LogP contribution in [0.25, 0.3) is 21.8 Å². The number of carbonyl (C=O) groups is 1. The van der Waals surface area contributed by atoms with Crippen molar-refractivity contribution in [2.75, 3.05) is 21.3 Å². The van der Waals surface area contributed by atoms with Crippen molar-refractivity contribution in [3.63, 3.8) is 0 Å². The number of H-pyrrole nitrogens is 1. The summed E-state index contributed by atoms with van der Waals surface area (Å²) in [6.45, 7) is 0. The van der Waals surface area contributed by atoms with Gasteiger partial charge in [-0.3, -0.25) is 0 Å². The van der Waals surface area contributed by atoms with Crippen LogP contribution in [0.2, 0.25) is 0 Å². The molecule has 0 saturated carbocycles. The second-order valence-corrected chi connectivity index (χ2v) is 4.60. The minimum atomic E-state index is -0.396. The van der Waals surface area contributed by atoms with E-state index in [0.717, 1.165) is 27.6 Å². The van der Waals surface area contributed by atoms with Crippen molar-refractivity contribution in [3.8, 4) is 11.5 Å². The van der Waals surface area contributed by atoms with Gasteiger partial charge in [0.05, 0.1) is 37.9 Å². The fraction of sp³-hybridized carbons (Fsp3) is 0.188. The minimum Gasteiger partial charge on any atom is -0.495 e. The van der Waals surface area contributed by atoms with Gasteiger partial charge in [0.25, 0.3) is 0 Å². The van der Waals surface area contributed by atoms with Gasteiger partial charge in [0, 0.05) is 10.8 Å². The van der Waals surface area contributed by atoms with Gasteiger partial charge in [-0.1, -0.05) is 12.1 Å². The highest BCUT2D eigenvalue weighted by Gasteiger charge is 2.16. The van der Waals surface area contributed by atoms with E-state index in [2.05, 4.69) is 4.98 Å². The average Bonchev–Trinajstić information content (AvgIpc) is 2.91. The zero-order valence-electron chi connectivity index (χ0n) is 12.0. The first kappa shape index (κ1) is 13.3. The summed E-state index contributed by atoms with van der Waals surface area (Å²) in [5.74, 6) is 0.934. The summed E-state index contributed by atoms with van der Waals surface area (Å²) >= 11 is 0. The van der Waals surface area contributed by atoms with Crippen LogP contribution in [0.3, 0.4) is 0 Å². The molecule has 2 aromatic carbocycles. The number of para-hydroxylation sites is 1. The van der Waals surface area contributed by atoms with Crippen molar-refractivity contribution in [2.45, 2.75) is 0 Å². The second-order valence-electron chi connectivity index (χ2n) is 4.60. The Kier molecular flexibility index (Phi) is 3.17. The Morgan fingerprint density at radius 3 is 2.33 bits per heavy atom. The lowest BCUT2D eigenvalue weighted by Crippen LogP contribution is -2.01. The molecule has 5 heteroatoms. The van der Waals surface area contributed by atoms with E-state index in [9.17, 15) is 4.79 Å². The van der Waals surface area contributed by atoms with Crippen molar-refractivity contribution >= 4 is 27.8 Å². The molecule has 0 aliphatic carbocycles. The van der Waals surface area contributed by atoms with Crippen LogP contribution in [-0.2, 0) is 4.74 Å². The van der Waals surface area contributed by atoms with Crippen LogP contribution in [0, 0.1) is 0 Å². The van der Waals surface area contributed by atoms with Gasteiger partial charge >= 0.3 is 5.97 Å². The number of benzene rings is 2. The Balaban J connectivity index is 2.41. The molecule has 0 radical (unpaired) electrons. The quantitative estimate of drug-likeness (QED) is 0.751. The first-order valence-electron chi connectivity index (χ1n) is 6.44. The molecule has 0 unspecified atom stereocenters. The van der Waals surface area contributed by atoms with E-state index >= 15 is 0 Å². The fourth-order valence-electron chi connectivity index (χ4n) is 2.53. The molecule has 3 rings (SSSR count). The molecule has 108 valence electrons. The van der Waals surface area contributed by atoms with E-state index in [0.29, 0.717) is 11.3 Å². The van der Waals surface area contributed by atoms with Crippen LogP contribution < -0.4 is 9.47 Å². The van der Waals surface area contributed by atoms with Crippen LogP contribution in [0.15, 0.2) is 30.3 Å². The Bertz CT molecular complexity index is 835. The van der Waals surface area contributed by atoms with Gasteiger partial charge in [0.2, 0.25) is 0 Å². The zero-order chi connectivity index (χ0) is 15.0. The molecule has 0 spiro atoms. The number of fused-ring (bicyclic) bond motifs is 3. The molecule has 0 bridgehead atoms. The summed E-state index contributed by atoms with van der Waals surface area (Å²) in [5, 5.41) is 1.86. The van der Waals surface area contributed by atoms with E-state index in [1.807, 2.05) is 18.2 Å². The SMILES string of the molecule is COC(=O)c1cc(OC)c2[nH]c3c(OC)cccc3c2c1. The van der Waals surface area contributed by atoms with Crippen LogP contribution in [0.1, 0.15) is 10.4 Å². The molecule has 0 aliphatic heterocycles. The van der Waals surface area contributed by atoms with Crippen LogP contribution in [-0.4, -0.2) is 32.3 Å². The molecule has 5 nitrogen and oxygen atoms in total. The highest BCUT2D eigenvalue weighted by molar-refractivity contribution is 6.13. The Hall–Kier alpha value is -2.69. The highest BCUT2D eigenvalue weighted by atomic mass is 16.5. The van der Waals surface area contributed by atoms with Gasteiger partial charge in [-0.05, 0) is 18.2 Å². The summed E-state index contributed by atoms with van der Waals surface area (Å²) in [6, 6.07) is 9.21. The van der Waals surface area contributed by atoms with Crippen molar-refractivity contribution in [2.24, 2.45) is 0 Å². The highest BCUT2D eigenvalue weighted by Crippen LogP contribution is 2.36. The van der Waals surface area contributed by atoms with Gasteiger partial charge in [-0.15, -0.1) is 0 Å². The minimum absolute atomic E-state index is 0.396. The van der Waals surface area contributed by atoms with Crippen molar-refractivity contribution in [3.05, 3.63) is 35.9 Å². The molecule has 1 heterocycles. The predicted octanol–water partition coefficient (Wildman–Crippen LogP) is 3.12. The maximum atomic E-state index is 11.8. The molecule has 1 aromatic heterocycles. The maximum Gasteiger partial charge on any atom is 0.338 e. The largest absolute Gasteiger partial charge is 0.495 e. The Labute approximate surface area is 121 Å². The number of hydrogen-bond acceptors (Lipinski definition) is 4. The predicted molar refractivity (Wildman–Crippen MR) is 80.2 cm³/mol. The lowest BCUT2D eigenvalue weighted by Gasteiger charge is -2.05. The van der Waals surface area contributed by atoms with E-state index in [1.165, 1.54) is 7.11 Å². The summed E-state index contributed by atoms with van der Waals surface area (Å²) in [7, 11) is 4.55. The molecule has 0 aliphatic rings. The van der Waals surface area contributed by atoms with Gasteiger partial charge in [0.1, 0.15) is 11.5 Å². The Morgan fingerprint density at radius 2 is 1.67 bits per heavy atom. The van der Waals surface area contributed by atoms with E-state index in [4.69, 9.17) is 14.2 Å². The van der Waals surface area contributed by atoms with E-state index < -0.39 is 5.97 Å². The first-order valence-corrected chi connectivity index (χ1v) is 6.44. The second kappa shape index (κ2) is 5.01. The van der Waals surface area contributed by atoms with E-state index in [1.54, 1.807) is 26.4 Å². The molecule has 3 aromatic rings. The molecule has 0 fully saturated rings. The number of aromatic nitrogens is 1. The number of hydrogen-bond donors (Lipinski definition) is 1. The van der Waals surface area contributed by atoms with Gasteiger partial charge in [-0.2, -0.15) is 0 Å². The summed E-state index contributed by atoms with van der Waals surface area (Å²) < 4.78 is 15.5. The number of ether oxygens (including phenoxy) is 3. The maximum absolute atomic E-state index is 11.8.